The number of benzene rings is 2. The first kappa shape index (κ1) is 30.6. The third kappa shape index (κ3) is 5.36. The average molecular weight is 605 g/mol. The number of hydrogen-bond donors (Lipinski definition) is 0. The number of carbonyl (C=O) groups excluding carboxylic acids is 3. The first-order valence-electron chi connectivity index (χ1n) is 14.3. The Balaban J connectivity index is 1.49. The van der Waals surface area contributed by atoms with E-state index < -0.39 is 46.7 Å². The number of aromatic nitrogens is 3. The highest BCUT2D eigenvalue weighted by Gasteiger charge is 2.44. The van der Waals surface area contributed by atoms with Crippen LogP contribution in [0.1, 0.15) is 70.4 Å². The van der Waals surface area contributed by atoms with Gasteiger partial charge in [0.2, 0.25) is 0 Å². The van der Waals surface area contributed by atoms with Crippen LogP contribution in [0.4, 0.5) is 4.79 Å². The van der Waals surface area contributed by atoms with Gasteiger partial charge in [0.05, 0.1) is 12.2 Å². The molecule has 2 unspecified atom stereocenters. The highest BCUT2D eigenvalue weighted by Crippen LogP contribution is 2.47. The normalized spacial score (nSPS) is 17.2. The maximum absolute atomic E-state index is 13.9. The number of ketones is 1. The summed E-state index contributed by atoms with van der Waals surface area (Å²) in [5.74, 6) is -0.149. The van der Waals surface area contributed by atoms with Crippen molar-refractivity contribution in [3.8, 4) is 17.2 Å². The number of carbonyl (C=O) groups is 3. The van der Waals surface area contributed by atoms with Gasteiger partial charge in [-0.2, -0.15) is 0 Å². The second-order valence-electron chi connectivity index (χ2n) is 12.5. The Kier molecular flexibility index (Phi) is 7.43. The number of likely N-dealkylation sites (N-methyl/N-ethyl adjacent to an activating group) is 1. The molecule has 2 aromatic carbocycles. The van der Waals surface area contributed by atoms with Crippen LogP contribution in [0.2, 0.25) is 0 Å². The summed E-state index contributed by atoms with van der Waals surface area (Å²) in [4.78, 5) is 65.7. The highest BCUT2D eigenvalue weighted by molar-refractivity contribution is 5.94. The van der Waals surface area contributed by atoms with Crippen molar-refractivity contribution in [1.29, 1.82) is 0 Å². The fourth-order valence-corrected chi connectivity index (χ4v) is 5.38. The van der Waals surface area contributed by atoms with Crippen molar-refractivity contribution in [1.82, 2.24) is 18.8 Å². The molecule has 1 aromatic heterocycles. The van der Waals surface area contributed by atoms with E-state index in [4.69, 9.17) is 14.2 Å². The van der Waals surface area contributed by atoms with E-state index in [1.165, 1.54) is 23.3 Å². The molecule has 0 bridgehead atoms. The average Bonchev–Trinajstić information content (AvgIpc) is 3.20. The van der Waals surface area contributed by atoms with E-state index in [0.717, 1.165) is 15.0 Å². The molecule has 12 nitrogen and oxygen atoms in total. The smallest absolute Gasteiger partial charge is 0.415 e. The molecule has 2 aliphatic heterocycles. The van der Waals surface area contributed by atoms with Crippen LogP contribution in [-0.2, 0) is 16.1 Å². The van der Waals surface area contributed by atoms with E-state index >= 15 is 0 Å². The molecule has 1 amide bonds. The van der Waals surface area contributed by atoms with E-state index in [1.54, 1.807) is 70.2 Å². The van der Waals surface area contributed by atoms with Gasteiger partial charge in [-0.25, -0.2) is 33.1 Å². The SMILES string of the molecule is CC(=O)c1ccc(-n2c(=O)n3n(c2=O)C2C(=CC3)C(C)(C)Oc3cc(OC(=O)N(C)C(C)C(=O)OC(C)(C)C)ccc32)cc1. The van der Waals surface area contributed by atoms with Gasteiger partial charge in [-0.1, -0.05) is 6.08 Å². The van der Waals surface area contributed by atoms with E-state index in [9.17, 15) is 24.0 Å². The molecule has 44 heavy (non-hydrogen) atoms. The van der Waals surface area contributed by atoms with E-state index in [-0.39, 0.29) is 18.1 Å². The number of nitrogens with zero attached hydrogens (tertiary/aromatic N) is 4. The third-order valence-corrected chi connectivity index (χ3v) is 7.78. The molecule has 0 saturated carbocycles. The summed E-state index contributed by atoms with van der Waals surface area (Å²) in [5, 5.41) is 0. The van der Waals surface area contributed by atoms with Crippen LogP contribution >= 0.6 is 0 Å². The molecule has 2 atom stereocenters. The van der Waals surface area contributed by atoms with Gasteiger partial charge in [-0.3, -0.25) is 9.69 Å². The number of amides is 1. The highest BCUT2D eigenvalue weighted by atomic mass is 16.6. The molecule has 3 aromatic rings. The van der Waals surface area contributed by atoms with Gasteiger partial charge in [0.15, 0.2) is 5.78 Å². The lowest BCUT2D eigenvalue weighted by molar-refractivity contribution is -0.159. The van der Waals surface area contributed by atoms with Crippen LogP contribution in [0.15, 0.2) is 63.7 Å². The third-order valence-electron chi connectivity index (χ3n) is 7.78. The minimum absolute atomic E-state index is 0.124. The zero-order chi connectivity index (χ0) is 32.3. The fraction of sp³-hybridized carbons (Fsp3) is 0.406. The van der Waals surface area contributed by atoms with Crippen LogP contribution in [0.5, 0.6) is 11.5 Å². The molecular weight excluding hydrogens is 568 g/mol. The van der Waals surface area contributed by atoms with Gasteiger partial charge in [-0.15, -0.1) is 0 Å². The van der Waals surface area contributed by atoms with Crippen molar-refractivity contribution in [3.05, 3.63) is 86.2 Å². The number of allylic oxidation sites excluding steroid dienone is 1. The standard InChI is InChI=1S/C32H36N4O8/c1-18(27(38)44-31(3,4)5)33(8)30(41)42-22-13-14-23-25(17-22)43-32(6,7)24-15-16-34-28(39)35(29(40)36(34)26(23)24)21-11-9-20(10-12-21)19(2)37/h9-15,17-18,26H,16H2,1-8H3. The Morgan fingerprint density at radius 2 is 1.70 bits per heavy atom. The maximum atomic E-state index is 13.9. The van der Waals surface area contributed by atoms with Gasteiger partial charge in [0.1, 0.15) is 34.8 Å². The van der Waals surface area contributed by atoms with Crippen molar-refractivity contribution in [3.63, 3.8) is 0 Å². The number of esters is 1. The predicted molar refractivity (Wildman–Crippen MR) is 161 cm³/mol. The molecule has 12 heteroatoms. The summed E-state index contributed by atoms with van der Waals surface area (Å²) in [5.41, 5.74) is -0.417. The summed E-state index contributed by atoms with van der Waals surface area (Å²) < 4.78 is 21.2. The Morgan fingerprint density at radius 1 is 1.05 bits per heavy atom. The van der Waals surface area contributed by atoms with Crippen molar-refractivity contribution in [2.24, 2.45) is 0 Å². The Hall–Kier alpha value is -4.87. The minimum Gasteiger partial charge on any atom is -0.483 e. The topological polar surface area (TPSA) is 131 Å². The number of Topliss-reactive ketones (excluding diaryl/α,β-unsaturated/α-hetero) is 1. The lowest BCUT2D eigenvalue weighted by atomic mass is 9.83. The number of ether oxygens (including phenoxy) is 3. The Bertz CT molecular complexity index is 1820. The summed E-state index contributed by atoms with van der Waals surface area (Å²) >= 11 is 0. The summed E-state index contributed by atoms with van der Waals surface area (Å²) in [6.07, 6.45) is 1.12. The van der Waals surface area contributed by atoms with Gasteiger partial charge in [0, 0.05) is 24.2 Å². The molecular formula is C32H36N4O8. The van der Waals surface area contributed by atoms with E-state index in [0.29, 0.717) is 22.6 Å². The van der Waals surface area contributed by atoms with Gasteiger partial charge in [0.25, 0.3) is 0 Å². The zero-order valence-electron chi connectivity index (χ0n) is 26.0. The molecule has 0 radical (unpaired) electrons. The first-order valence-corrected chi connectivity index (χ1v) is 14.3. The molecule has 0 saturated heterocycles. The quantitative estimate of drug-likeness (QED) is 0.244. The second-order valence-corrected chi connectivity index (χ2v) is 12.5. The zero-order valence-corrected chi connectivity index (χ0v) is 26.0. The van der Waals surface area contributed by atoms with Crippen LogP contribution < -0.4 is 20.9 Å². The number of fused-ring (bicyclic) bond motifs is 5. The first-order chi connectivity index (χ1) is 20.5. The molecule has 0 fully saturated rings. The van der Waals surface area contributed by atoms with Crippen LogP contribution in [0, 0.1) is 0 Å². The molecule has 3 heterocycles. The largest absolute Gasteiger partial charge is 0.483 e. The van der Waals surface area contributed by atoms with Gasteiger partial charge in [-0.05, 0) is 90.4 Å². The minimum atomic E-state index is -0.893. The molecule has 0 spiro atoms. The lowest BCUT2D eigenvalue weighted by Crippen LogP contribution is -2.46. The van der Waals surface area contributed by atoms with Gasteiger partial charge < -0.3 is 14.2 Å². The van der Waals surface area contributed by atoms with Gasteiger partial charge >= 0.3 is 23.4 Å². The lowest BCUT2D eigenvalue weighted by Gasteiger charge is -2.42. The molecule has 0 N–H and O–H groups in total. The number of hydrogen-bond acceptors (Lipinski definition) is 8. The van der Waals surface area contributed by atoms with E-state index in [2.05, 4.69) is 0 Å². The predicted octanol–water partition coefficient (Wildman–Crippen LogP) is 3.86. The van der Waals surface area contributed by atoms with Crippen molar-refractivity contribution >= 4 is 17.8 Å². The molecule has 5 rings (SSSR count). The van der Waals surface area contributed by atoms with Crippen molar-refractivity contribution in [2.75, 3.05) is 7.05 Å². The second kappa shape index (κ2) is 10.7. The fourth-order valence-electron chi connectivity index (χ4n) is 5.38. The van der Waals surface area contributed by atoms with Crippen molar-refractivity contribution in [2.45, 2.75) is 78.3 Å². The summed E-state index contributed by atoms with van der Waals surface area (Å²) in [7, 11) is 1.44. The molecule has 0 aliphatic carbocycles. The van der Waals surface area contributed by atoms with Crippen LogP contribution in [0.25, 0.3) is 5.69 Å². The van der Waals surface area contributed by atoms with E-state index in [1.807, 2.05) is 19.9 Å². The van der Waals surface area contributed by atoms with Crippen LogP contribution in [-0.4, -0.2) is 61.0 Å². The number of rotatable bonds is 5. The monoisotopic (exact) mass is 604 g/mol. The molecule has 232 valence electrons. The van der Waals surface area contributed by atoms with Crippen molar-refractivity contribution < 1.29 is 28.6 Å². The van der Waals surface area contributed by atoms with Crippen LogP contribution in [0.3, 0.4) is 0 Å². The Labute approximate surface area is 254 Å². The summed E-state index contributed by atoms with van der Waals surface area (Å²) in [6, 6.07) is 9.56. The molecule has 2 aliphatic rings. The maximum Gasteiger partial charge on any atom is 0.415 e. The summed E-state index contributed by atoms with van der Waals surface area (Å²) in [6.45, 7) is 12.1. The Morgan fingerprint density at radius 3 is 2.32 bits per heavy atom.